The third-order valence-electron chi connectivity index (χ3n) is 1.94. The molecule has 84 valence electrons. The van der Waals surface area contributed by atoms with Crippen LogP contribution < -0.4 is 15.6 Å². The van der Waals surface area contributed by atoms with E-state index in [9.17, 15) is 4.39 Å². The molecule has 0 saturated carbocycles. The molecule has 5 nitrogen and oxygen atoms in total. The van der Waals surface area contributed by atoms with Crippen molar-refractivity contribution in [1.29, 1.82) is 0 Å². The SMILES string of the molecule is FCCOc1ccc(C2=NNC=NN2)cc1. The molecule has 0 aromatic heterocycles. The Morgan fingerprint density at radius 2 is 2.06 bits per heavy atom. The summed E-state index contributed by atoms with van der Waals surface area (Å²) in [6.45, 7) is -0.418. The zero-order valence-corrected chi connectivity index (χ0v) is 8.48. The average Bonchev–Trinajstić information content (AvgIpc) is 2.38. The van der Waals surface area contributed by atoms with E-state index in [1.165, 1.54) is 6.34 Å². The number of nitrogens with zero attached hydrogens (tertiary/aromatic N) is 2. The highest BCUT2D eigenvalue weighted by atomic mass is 19.1. The number of alkyl halides is 1. The van der Waals surface area contributed by atoms with Crippen molar-refractivity contribution in [2.24, 2.45) is 10.2 Å². The van der Waals surface area contributed by atoms with Gasteiger partial charge in [-0.05, 0) is 24.3 Å². The van der Waals surface area contributed by atoms with Gasteiger partial charge >= 0.3 is 0 Å². The Kier molecular flexibility index (Phi) is 3.32. The van der Waals surface area contributed by atoms with Gasteiger partial charge in [-0.1, -0.05) is 0 Å². The molecular formula is C10H11FN4O. The van der Waals surface area contributed by atoms with E-state index in [0.717, 1.165) is 5.56 Å². The zero-order chi connectivity index (χ0) is 11.2. The van der Waals surface area contributed by atoms with E-state index in [2.05, 4.69) is 21.1 Å². The summed E-state index contributed by atoms with van der Waals surface area (Å²) in [5, 5.41) is 7.81. The molecule has 2 rings (SSSR count). The second kappa shape index (κ2) is 5.11. The van der Waals surface area contributed by atoms with Gasteiger partial charge in [0.15, 0.2) is 5.84 Å². The minimum Gasteiger partial charge on any atom is -0.491 e. The smallest absolute Gasteiger partial charge is 0.173 e. The van der Waals surface area contributed by atoms with Crippen LogP contribution in [0.4, 0.5) is 4.39 Å². The monoisotopic (exact) mass is 222 g/mol. The lowest BCUT2D eigenvalue weighted by atomic mass is 10.2. The number of hydrogen-bond acceptors (Lipinski definition) is 5. The molecule has 0 radical (unpaired) electrons. The van der Waals surface area contributed by atoms with Gasteiger partial charge in [0.1, 0.15) is 25.4 Å². The minimum absolute atomic E-state index is 0.0738. The molecule has 1 aliphatic rings. The van der Waals surface area contributed by atoms with Gasteiger partial charge < -0.3 is 4.74 Å². The number of hydrogen-bond donors (Lipinski definition) is 2. The molecule has 0 saturated heterocycles. The summed E-state index contributed by atoms with van der Waals surface area (Å²) in [5.74, 6) is 1.26. The second-order valence-corrected chi connectivity index (χ2v) is 3.02. The Balaban J connectivity index is 2.04. The second-order valence-electron chi connectivity index (χ2n) is 3.02. The van der Waals surface area contributed by atoms with Crippen LogP contribution in [-0.2, 0) is 0 Å². The number of rotatable bonds is 4. The van der Waals surface area contributed by atoms with E-state index in [1.807, 2.05) is 12.1 Å². The fourth-order valence-corrected chi connectivity index (χ4v) is 1.24. The van der Waals surface area contributed by atoms with Gasteiger partial charge in [0.05, 0.1) is 0 Å². The molecular weight excluding hydrogens is 211 g/mol. The summed E-state index contributed by atoms with van der Waals surface area (Å²) >= 11 is 0. The van der Waals surface area contributed by atoms with Crippen molar-refractivity contribution in [3.05, 3.63) is 29.8 Å². The molecule has 1 aliphatic heterocycles. The van der Waals surface area contributed by atoms with Crippen LogP contribution in [0.1, 0.15) is 5.56 Å². The van der Waals surface area contributed by atoms with E-state index in [1.54, 1.807) is 12.1 Å². The molecule has 1 aromatic carbocycles. The molecule has 0 atom stereocenters. The maximum atomic E-state index is 11.9. The lowest BCUT2D eigenvalue weighted by Crippen LogP contribution is -2.27. The first-order valence-corrected chi connectivity index (χ1v) is 4.80. The number of halogens is 1. The summed E-state index contributed by atoms with van der Waals surface area (Å²) in [4.78, 5) is 0. The number of nitrogens with one attached hydrogen (secondary N) is 2. The Bertz CT molecular complexity index is 402. The van der Waals surface area contributed by atoms with Crippen LogP contribution in [0.25, 0.3) is 0 Å². The highest BCUT2D eigenvalue weighted by Gasteiger charge is 2.04. The van der Waals surface area contributed by atoms with Crippen LogP contribution in [0, 0.1) is 0 Å². The topological polar surface area (TPSA) is 58.0 Å². The fraction of sp³-hybridized carbons (Fsp3) is 0.200. The van der Waals surface area contributed by atoms with Crippen LogP contribution in [0.5, 0.6) is 5.75 Å². The van der Waals surface area contributed by atoms with Gasteiger partial charge in [0.2, 0.25) is 0 Å². The van der Waals surface area contributed by atoms with Crippen molar-refractivity contribution in [3.8, 4) is 5.75 Å². The normalized spacial score (nSPS) is 13.7. The van der Waals surface area contributed by atoms with Gasteiger partial charge in [-0.2, -0.15) is 10.2 Å². The molecule has 0 fully saturated rings. The zero-order valence-electron chi connectivity index (χ0n) is 8.48. The first-order valence-electron chi connectivity index (χ1n) is 4.80. The van der Waals surface area contributed by atoms with E-state index < -0.39 is 6.67 Å². The van der Waals surface area contributed by atoms with Gasteiger partial charge in [0.25, 0.3) is 0 Å². The summed E-state index contributed by atoms with van der Waals surface area (Å²) < 4.78 is 17.0. The molecule has 0 amide bonds. The van der Waals surface area contributed by atoms with Crippen LogP contribution >= 0.6 is 0 Å². The lowest BCUT2D eigenvalue weighted by molar-refractivity contribution is 0.273. The molecule has 2 N–H and O–H groups in total. The largest absolute Gasteiger partial charge is 0.491 e. The predicted molar refractivity (Wildman–Crippen MR) is 59.2 cm³/mol. The molecule has 0 bridgehead atoms. The lowest BCUT2D eigenvalue weighted by Gasteiger charge is -2.10. The molecule has 0 aliphatic carbocycles. The maximum Gasteiger partial charge on any atom is 0.173 e. The van der Waals surface area contributed by atoms with E-state index >= 15 is 0 Å². The Hall–Kier alpha value is -2.11. The van der Waals surface area contributed by atoms with Crippen molar-refractivity contribution >= 4 is 12.2 Å². The molecule has 0 spiro atoms. The molecule has 6 heteroatoms. The van der Waals surface area contributed by atoms with Gasteiger partial charge in [0, 0.05) is 5.56 Å². The first-order chi connectivity index (χ1) is 7.90. The fourth-order valence-electron chi connectivity index (χ4n) is 1.24. The number of benzene rings is 1. The molecule has 0 unspecified atom stereocenters. The van der Waals surface area contributed by atoms with Crippen molar-refractivity contribution in [1.82, 2.24) is 10.9 Å². The van der Waals surface area contributed by atoms with E-state index in [0.29, 0.717) is 11.6 Å². The van der Waals surface area contributed by atoms with Crippen LogP contribution in [0.2, 0.25) is 0 Å². The van der Waals surface area contributed by atoms with Gasteiger partial charge in [-0.3, -0.25) is 10.9 Å². The molecule has 1 aromatic rings. The minimum atomic E-state index is -0.491. The van der Waals surface area contributed by atoms with Gasteiger partial charge in [-0.15, -0.1) is 0 Å². The highest BCUT2D eigenvalue weighted by molar-refractivity contribution is 5.99. The number of amidine groups is 1. The van der Waals surface area contributed by atoms with Crippen LogP contribution in [0.3, 0.4) is 0 Å². The average molecular weight is 222 g/mol. The molecule has 1 heterocycles. The Morgan fingerprint density at radius 1 is 1.25 bits per heavy atom. The number of hydrazone groups is 2. The molecule has 16 heavy (non-hydrogen) atoms. The van der Waals surface area contributed by atoms with E-state index in [4.69, 9.17) is 4.74 Å². The third kappa shape index (κ3) is 2.47. The first kappa shape index (κ1) is 10.4. The van der Waals surface area contributed by atoms with Crippen LogP contribution in [0.15, 0.2) is 34.5 Å². The Labute approximate surface area is 92.0 Å². The third-order valence-corrected chi connectivity index (χ3v) is 1.94. The summed E-state index contributed by atoms with van der Waals surface area (Å²) in [6.07, 6.45) is 1.45. The van der Waals surface area contributed by atoms with Gasteiger partial charge in [-0.25, -0.2) is 4.39 Å². The highest BCUT2D eigenvalue weighted by Crippen LogP contribution is 2.12. The van der Waals surface area contributed by atoms with Crippen molar-refractivity contribution in [2.45, 2.75) is 0 Å². The van der Waals surface area contributed by atoms with Crippen LogP contribution in [-0.4, -0.2) is 25.5 Å². The Morgan fingerprint density at radius 3 is 2.69 bits per heavy atom. The maximum absolute atomic E-state index is 11.9. The quantitative estimate of drug-likeness (QED) is 0.793. The summed E-state index contributed by atoms with van der Waals surface area (Å²) in [5.41, 5.74) is 6.26. The summed E-state index contributed by atoms with van der Waals surface area (Å²) in [7, 11) is 0. The standard InChI is InChI=1S/C10H11FN4O/c11-5-6-16-9-3-1-8(2-4-9)10-14-12-7-13-15-10/h1-4,7H,5-6H2,(H,12,13)(H,14,15). The van der Waals surface area contributed by atoms with Crippen molar-refractivity contribution in [2.75, 3.05) is 13.3 Å². The van der Waals surface area contributed by atoms with E-state index in [-0.39, 0.29) is 6.61 Å². The number of ether oxygens (including phenoxy) is 1. The predicted octanol–water partition coefficient (Wildman–Crippen LogP) is 0.833. The summed E-state index contributed by atoms with van der Waals surface area (Å²) in [6, 6.07) is 7.16. The van der Waals surface area contributed by atoms with Crippen molar-refractivity contribution < 1.29 is 9.13 Å². The van der Waals surface area contributed by atoms with Crippen molar-refractivity contribution in [3.63, 3.8) is 0 Å².